The van der Waals surface area contributed by atoms with Crippen molar-refractivity contribution in [2.75, 3.05) is 0 Å². The van der Waals surface area contributed by atoms with Crippen molar-refractivity contribution < 1.29 is 17.5 Å². The predicted octanol–water partition coefficient (Wildman–Crippen LogP) is 3.57. The molecule has 0 aliphatic carbocycles. The van der Waals surface area contributed by atoms with Crippen LogP contribution in [0.15, 0.2) is 58.3 Å². The first-order chi connectivity index (χ1) is 9.95. The van der Waals surface area contributed by atoms with E-state index >= 15 is 0 Å². The van der Waals surface area contributed by atoms with Crippen LogP contribution in [0, 0.1) is 0 Å². The van der Waals surface area contributed by atoms with E-state index in [0.29, 0.717) is 0 Å². The standard InChI is InChI=1S/C14H10Cl2O4S/c15-14(17)11-3-7-13(8-4-11)21(18,19)12-5-1-10(2-6-12)9-20-16/h1-8H,9H2. The number of carbonyl (C=O) groups is 1. The zero-order valence-electron chi connectivity index (χ0n) is 10.6. The van der Waals surface area contributed by atoms with Gasteiger partial charge in [0.1, 0.15) is 0 Å². The lowest BCUT2D eigenvalue weighted by Gasteiger charge is -2.06. The van der Waals surface area contributed by atoms with Gasteiger partial charge >= 0.3 is 0 Å². The van der Waals surface area contributed by atoms with Gasteiger partial charge in [0, 0.05) is 5.56 Å². The number of benzene rings is 2. The molecule has 0 amide bonds. The molecule has 0 radical (unpaired) electrons. The molecule has 7 heteroatoms. The minimum Gasteiger partial charge on any atom is -0.276 e. The van der Waals surface area contributed by atoms with Crippen LogP contribution >= 0.6 is 23.5 Å². The van der Waals surface area contributed by atoms with Crippen molar-refractivity contribution >= 4 is 38.5 Å². The summed E-state index contributed by atoms with van der Waals surface area (Å²) in [4.78, 5) is 11.2. The third-order valence-electron chi connectivity index (χ3n) is 2.85. The second-order valence-electron chi connectivity index (χ2n) is 4.20. The number of halogens is 2. The lowest BCUT2D eigenvalue weighted by molar-refractivity contribution is 0.108. The van der Waals surface area contributed by atoms with E-state index in [9.17, 15) is 13.2 Å². The van der Waals surface area contributed by atoms with E-state index in [1.54, 1.807) is 12.1 Å². The van der Waals surface area contributed by atoms with Crippen LogP contribution in [-0.2, 0) is 20.7 Å². The first-order valence-corrected chi connectivity index (χ1v) is 7.99. The van der Waals surface area contributed by atoms with Crippen LogP contribution in [-0.4, -0.2) is 13.7 Å². The van der Waals surface area contributed by atoms with Gasteiger partial charge in [-0.3, -0.25) is 9.08 Å². The molecule has 0 aliphatic rings. The van der Waals surface area contributed by atoms with Crippen LogP contribution < -0.4 is 0 Å². The molecule has 4 nitrogen and oxygen atoms in total. The van der Waals surface area contributed by atoms with Gasteiger partial charge in [-0.15, -0.1) is 0 Å². The summed E-state index contributed by atoms with van der Waals surface area (Å²) in [5, 5.41) is -0.635. The van der Waals surface area contributed by atoms with Gasteiger partial charge in [0.2, 0.25) is 9.84 Å². The molecule has 0 bridgehead atoms. The van der Waals surface area contributed by atoms with E-state index in [1.807, 2.05) is 0 Å². The van der Waals surface area contributed by atoms with Crippen LogP contribution in [0.3, 0.4) is 0 Å². The molecule has 0 aliphatic heterocycles. The molecular weight excluding hydrogens is 335 g/mol. The molecule has 0 unspecified atom stereocenters. The van der Waals surface area contributed by atoms with Crippen LogP contribution in [0.5, 0.6) is 0 Å². The van der Waals surface area contributed by atoms with Gasteiger partial charge in [-0.25, -0.2) is 8.42 Å². The van der Waals surface area contributed by atoms with Crippen molar-refractivity contribution in [1.29, 1.82) is 0 Å². The number of sulfone groups is 1. The Labute approximate surface area is 132 Å². The van der Waals surface area contributed by atoms with Crippen molar-refractivity contribution in [3.05, 3.63) is 59.7 Å². The fourth-order valence-electron chi connectivity index (χ4n) is 1.73. The molecular formula is C14H10Cl2O4S. The zero-order valence-corrected chi connectivity index (χ0v) is 13.0. The predicted molar refractivity (Wildman–Crippen MR) is 79.2 cm³/mol. The zero-order chi connectivity index (χ0) is 15.5. The molecule has 2 rings (SSSR count). The van der Waals surface area contributed by atoms with Gasteiger partial charge in [0.05, 0.1) is 28.3 Å². The largest absolute Gasteiger partial charge is 0.276 e. The monoisotopic (exact) mass is 344 g/mol. The highest BCUT2D eigenvalue weighted by Gasteiger charge is 2.17. The molecule has 0 saturated heterocycles. The molecule has 110 valence electrons. The molecule has 2 aromatic rings. The Hall–Kier alpha value is -1.40. The molecule has 0 fully saturated rings. The fourth-order valence-corrected chi connectivity index (χ4v) is 3.24. The van der Waals surface area contributed by atoms with Crippen molar-refractivity contribution in [3.63, 3.8) is 0 Å². The van der Waals surface area contributed by atoms with Crippen LogP contribution in [0.4, 0.5) is 0 Å². The third-order valence-corrected chi connectivity index (χ3v) is 4.96. The Morgan fingerprint density at radius 1 is 0.952 bits per heavy atom. The Bertz CT molecular complexity index is 738. The molecule has 2 aromatic carbocycles. The van der Waals surface area contributed by atoms with E-state index in [0.717, 1.165) is 5.56 Å². The maximum absolute atomic E-state index is 12.4. The highest BCUT2D eigenvalue weighted by Crippen LogP contribution is 2.22. The molecule has 0 spiro atoms. The average Bonchev–Trinajstić information content (AvgIpc) is 2.48. The lowest BCUT2D eigenvalue weighted by atomic mass is 10.2. The minimum absolute atomic E-state index is 0.0884. The number of rotatable bonds is 5. The number of carbonyl (C=O) groups excluding carboxylic acids is 1. The van der Waals surface area contributed by atoms with E-state index in [1.165, 1.54) is 36.4 Å². The molecule has 0 aromatic heterocycles. The topological polar surface area (TPSA) is 60.4 Å². The summed E-state index contributed by atoms with van der Waals surface area (Å²) in [5.41, 5.74) is 0.997. The van der Waals surface area contributed by atoms with Crippen LogP contribution in [0.25, 0.3) is 0 Å². The Morgan fingerprint density at radius 3 is 1.86 bits per heavy atom. The summed E-state index contributed by atoms with van der Waals surface area (Å²) >= 11 is 10.5. The highest BCUT2D eigenvalue weighted by molar-refractivity contribution is 7.91. The quantitative estimate of drug-likeness (QED) is 0.778. The van der Waals surface area contributed by atoms with Crippen molar-refractivity contribution in [3.8, 4) is 0 Å². The summed E-state index contributed by atoms with van der Waals surface area (Å²) in [6.07, 6.45) is 0. The molecule has 0 N–H and O–H groups in total. The normalized spacial score (nSPS) is 11.3. The second-order valence-corrected chi connectivity index (χ2v) is 6.71. The van der Waals surface area contributed by atoms with E-state index in [-0.39, 0.29) is 22.0 Å². The van der Waals surface area contributed by atoms with E-state index in [4.69, 9.17) is 23.5 Å². The molecule has 0 atom stereocenters. The average molecular weight is 345 g/mol. The second kappa shape index (κ2) is 6.58. The smallest absolute Gasteiger partial charge is 0.252 e. The maximum atomic E-state index is 12.4. The van der Waals surface area contributed by atoms with Crippen LogP contribution in [0.2, 0.25) is 0 Å². The first-order valence-electron chi connectivity index (χ1n) is 5.82. The van der Waals surface area contributed by atoms with Crippen molar-refractivity contribution in [1.82, 2.24) is 0 Å². The molecule has 0 saturated carbocycles. The van der Waals surface area contributed by atoms with E-state index < -0.39 is 15.1 Å². The van der Waals surface area contributed by atoms with Gasteiger partial charge in [0.15, 0.2) is 0 Å². The Balaban J connectivity index is 2.34. The maximum Gasteiger partial charge on any atom is 0.252 e. The van der Waals surface area contributed by atoms with Gasteiger partial charge in [-0.2, -0.15) is 0 Å². The highest BCUT2D eigenvalue weighted by atomic mass is 35.5. The Kier molecular flexibility index (Phi) is 5.00. The van der Waals surface area contributed by atoms with Crippen molar-refractivity contribution in [2.24, 2.45) is 0 Å². The molecule has 21 heavy (non-hydrogen) atoms. The Morgan fingerprint density at radius 2 is 1.43 bits per heavy atom. The summed E-state index contributed by atoms with van der Waals surface area (Å²) in [6, 6.07) is 11.6. The van der Waals surface area contributed by atoms with Crippen LogP contribution in [0.1, 0.15) is 15.9 Å². The summed E-state index contributed by atoms with van der Waals surface area (Å²) in [6.45, 7) is 0.189. The SMILES string of the molecule is O=C(Cl)c1ccc(S(=O)(=O)c2ccc(COCl)cc2)cc1. The lowest BCUT2D eigenvalue weighted by Crippen LogP contribution is -2.02. The van der Waals surface area contributed by atoms with Gasteiger partial charge in [-0.05, 0) is 53.6 Å². The van der Waals surface area contributed by atoms with Gasteiger partial charge in [-0.1, -0.05) is 12.1 Å². The summed E-state index contributed by atoms with van der Waals surface area (Å²) in [7, 11) is -3.64. The van der Waals surface area contributed by atoms with Gasteiger partial charge < -0.3 is 0 Å². The number of hydrogen-bond donors (Lipinski definition) is 0. The minimum atomic E-state index is -3.64. The summed E-state index contributed by atoms with van der Waals surface area (Å²) < 4.78 is 29.3. The third kappa shape index (κ3) is 3.63. The fraction of sp³-hybridized carbons (Fsp3) is 0.0714. The van der Waals surface area contributed by atoms with Crippen molar-refractivity contribution in [2.45, 2.75) is 16.4 Å². The first kappa shape index (κ1) is 16.0. The molecule has 0 heterocycles. The van der Waals surface area contributed by atoms with E-state index in [2.05, 4.69) is 4.29 Å². The van der Waals surface area contributed by atoms with Gasteiger partial charge in [0.25, 0.3) is 5.24 Å². The summed E-state index contributed by atoms with van der Waals surface area (Å²) in [5.74, 6) is 0. The number of hydrogen-bond acceptors (Lipinski definition) is 4.